The second-order valence-corrected chi connectivity index (χ2v) is 4.11. The predicted molar refractivity (Wildman–Crippen MR) is 70.3 cm³/mol. The molecular weight excluding hydrogens is 289 g/mol. The van der Waals surface area contributed by atoms with Crippen molar-refractivity contribution in [2.45, 2.75) is 0 Å². The molecule has 0 saturated heterocycles. The lowest BCUT2D eigenvalue weighted by Crippen LogP contribution is -2.13. The molecule has 2 rings (SSSR count). The Morgan fingerprint density at radius 3 is 2.75 bits per heavy atom. The Balaban J connectivity index is 2.26. The van der Waals surface area contributed by atoms with E-state index >= 15 is 0 Å². The van der Waals surface area contributed by atoms with Gasteiger partial charge < -0.3 is 5.32 Å². The van der Waals surface area contributed by atoms with E-state index in [2.05, 4.69) is 10.3 Å². The minimum Gasteiger partial charge on any atom is -0.307 e. The number of rotatable bonds is 3. The van der Waals surface area contributed by atoms with Crippen molar-refractivity contribution in [2.24, 2.45) is 0 Å². The quantitative estimate of drug-likeness (QED) is 0.536. The highest BCUT2D eigenvalue weighted by atomic mass is 35.5. The molecule has 0 aliphatic carbocycles. The Kier molecular flexibility index (Phi) is 3.90. The van der Waals surface area contributed by atoms with Gasteiger partial charge in [-0.15, -0.1) is 0 Å². The summed E-state index contributed by atoms with van der Waals surface area (Å²) >= 11 is 5.66. The summed E-state index contributed by atoms with van der Waals surface area (Å²) in [6.07, 6.45) is 0. The third kappa shape index (κ3) is 3.07. The fourth-order valence-electron chi connectivity index (χ4n) is 1.46. The topological polar surface area (TPSA) is 85.1 Å². The molecule has 0 saturated carbocycles. The number of nitrogens with zero attached hydrogens (tertiary/aromatic N) is 2. The molecule has 0 radical (unpaired) electrons. The van der Waals surface area contributed by atoms with Crippen LogP contribution in [-0.4, -0.2) is 15.8 Å². The number of pyridine rings is 1. The number of halogens is 2. The molecule has 1 heterocycles. The second-order valence-electron chi connectivity index (χ2n) is 3.72. The van der Waals surface area contributed by atoms with Crippen molar-refractivity contribution in [3.05, 3.63) is 63.0 Å². The Morgan fingerprint density at radius 2 is 2.10 bits per heavy atom. The number of aromatic nitrogens is 1. The molecule has 0 aliphatic rings. The molecule has 1 aromatic carbocycles. The van der Waals surface area contributed by atoms with Gasteiger partial charge in [-0.3, -0.25) is 14.9 Å². The van der Waals surface area contributed by atoms with Gasteiger partial charge in [0.15, 0.2) is 0 Å². The van der Waals surface area contributed by atoms with Crippen molar-refractivity contribution in [2.75, 3.05) is 5.32 Å². The zero-order valence-corrected chi connectivity index (χ0v) is 10.6. The molecule has 1 aromatic heterocycles. The number of anilines is 1. The second kappa shape index (κ2) is 5.62. The number of carbonyl (C=O) groups excluding carboxylic acids is 1. The summed E-state index contributed by atoms with van der Waals surface area (Å²) in [7, 11) is 0. The molecule has 2 aromatic rings. The average molecular weight is 296 g/mol. The number of benzene rings is 1. The van der Waals surface area contributed by atoms with E-state index in [0.29, 0.717) is 0 Å². The van der Waals surface area contributed by atoms with Crippen molar-refractivity contribution >= 4 is 29.0 Å². The molecule has 1 N–H and O–H groups in total. The van der Waals surface area contributed by atoms with Crippen LogP contribution in [0.2, 0.25) is 5.15 Å². The average Bonchev–Trinajstić information content (AvgIpc) is 2.38. The highest BCUT2D eigenvalue weighted by Gasteiger charge is 2.17. The van der Waals surface area contributed by atoms with Crippen LogP contribution in [0.15, 0.2) is 36.4 Å². The van der Waals surface area contributed by atoms with E-state index in [1.807, 2.05) is 0 Å². The van der Waals surface area contributed by atoms with Crippen LogP contribution in [-0.2, 0) is 0 Å². The first-order valence-corrected chi connectivity index (χ1v) is 5.73. The van der Waals surface area contributed by atoms with Crippen LogP contribution >= 0.6 is 11.6 Å². The van der Waals surface area contributed by atoms with Crippen LogP contribution in [0.25, 0.3) is 0 Å². The van der Waals surface area contributed by atoms with Crippen molar-refractivity contribution in [1.29, 1.82) is 0 Å². The third-order valence-electron chi connectivity index (χ3n) is 2.36. The molecular formula is C12H7ClFN3O3. The van der Waals surface area contributed by atoms with E-state index in [9.17, 15) is 19.3 Å². The maximum absolute atomic E-state index is 13.2. The summed E-state index contributed by atoms with van der Waals surface area (Å²) in [5, 5.41) is 13.2. The van der Waals surface area contributed by atoms with Gasteiger partial charge in [0.1, 0.15) is 11.0 Å². The lowest BCUT2D eigenvalue weighted by Gasteiger charge is -2.04. The summed E-state index contributed by atoms with van der Waals surface area (Å²) in [5.41, 5.74) is -0.823. The summed E-state index contributed by atoms with van der Waals surface area (Å²) in [6, 6.07) is 7.47. The van der Waals surface area contributed by atoms with E-state index in [-0.39, 0.29) is 16.5 Å². The summed E-state index contributed by atoms with van der Waals surface area (Å²) in [4.78, 5) is 25.4. The van der Waals surface area contributed by atoms with Gasteiger partial charge >= 0.3 is 5.69 Å². The van der Waals surface area contributed by atoms with E-state index in [1.165, 1.54) is 12.1 Å². The van der Waals surface area contributed by atoms with E-state index in [1.54, 1.807) is 6.07 Å². The van der Waals surface area contributed by atoms with Gasteiger partial charge in [-0.05, 0) is 24.3 Å². The first-order valence-electron chi connectivity index (χ1n) is 5.35. The predicted octanol–water partition coefficient (Wildman–Crippen LogP) is 3.03. The van der Waals surface area contributed by atoms with Crippen LogP contribution in [0.1, 0.15) is 10.4 Å². The third-order valence-corrected chi connectivity index (χ3v) is 2.57. The van der Waals surface area contributed by atoms with Crippen molar-refractivity contribution in [1.82, 2.24) is 4.98 Å². The first kappa shape index (κ1) is 13.9. The van der Waals surface area contributed by atoms with Gasteiger partial charge in [0.25, 0.3) is 5.91 Å². The maximum atomic E-state index is 13.2. The number of hydrogen-bond acceptors (Lipinski definition) is 4. The SMILES string of the molecule is O=C(Nc1cccc(Cl)n1)c1ccc(F)c([N+](=O)[O-])c1. The zero-order valence-electron chi connectivity index (χ0n) is 9.84. The Hall–Kier alpha value is -2.54. The van der Waals surface area contributed by atoms with Crippen molar-refractivity contribution in [3.8, 4) is 0 Å². The molecule has 0 spiro atoms. The molecule has 8 heteroatoms. The molecule has 0 fully saturated rings. The molecule has 0 aliphatic heterocycles. The number of nitro benzene ring substituents is 1. The molecule has 0 atom stereocenters. The molecule has 6 nitrogen and oxygen atoms in total. The van der Waals surface area contributed by atoms with Gasteiger partial charge in [-0.2, -0.15) is 4.39 Å². The summed E-state index contributed by atoms with van der Waals surface area (Å²) in [5.74, 6) is -1.47. The largest absolute Gasteiger partial charge is 0.307 e. The van der Waals surface area contributed by atoms with E-state index < -0.39 is 22.3 Å². The number of nitro groups is 1. The highest BCUT2D eigenvalue weighted by molar-refractivity contribution is 6.29. The van der Waals surface area contributed by atoms with E-state index in [0.717, 1.165) is 18.2 Å². The fourth-order valence-corrected chi connectivity index (χ4v) is 1.62. The van der Waals surface area contributed by atoms with Gasteiger partial charge in [0, 0.05) is 11.6 Å². The number of amides is 1. The molecule has 0 unspecified atom stereocenters. The number of nitrogens with one attached hydrogen (secondary N) is 1. The van der Waals surface area contributed by atoms with Crippen LogP contribution in [0.4, 0.5) is 15.9 Å². The van der Waals surface area contributed by atoms with E-state index in [4.69, 9.17) is 11.6 Å². The van der Waals surface area contributed by atoms with Crippen molar-refractivity contribution < 1.29 is 14.1 Å². The zero-order chi connectivity index (χ0) is 14.7. The summed E-state index contributed by atoms with van der Waals surface area (Å²) < 4.78 is 13.2. The Bertz CT molecular complexity index is 693. The normalized spacial score (nSPS) is 10.1. The highest BCUT2D eigenvalue weighted by Crippen LogP contribution is 2.19. The standard InChI is InChI=1S/C12H7ClFN3O3/c13-10-2-1-3-11(15-10)16-12(18)7-4-5-8(14)9(6-7)17(19)20/h1-6H,(H,15,16,18). The maximum Gasteiger partial charge on any atom is 0.305 e. The fraction of sp³-hybridized carbons (Fsp3) is 0. The van der Waals surface area contributed by atoms with Crippen LogP contribution in [0.3, 0.4) is 0 Å². The van der Waals surface area contributed by atoms with Crippen LogP contribution in [0.5, 0.6) is 0 Å². The van der Waals surface area contributed by atoms with Crippen LogP contribution < -0.4 is 5.32 Å². The minimum atomic E-state index is -1.01. The van der Waals surface area contributed by atoms with Gasteiger partial charge in [-0.25, -0.2) is 4.98 Å². The Morgan fingerprint density at radius 1 is 1.35 bits per heavy atom. The van der Waals surface area contributed by atoms with Gasteiger partial charge in [0.2, 0.25) is 5.82 Å². The number of carbonyl (C=O) groups is 1. The molecule has 0 bridgehead atoms. The lowest BCUT2D eigenvalue weighted by atomic mass is 10.2. The van der Waals surface area contributed by atoms with Crippen molar-refractivity contribution in [3.63, 3.8) is 0 Å². The van der Waals surface area contributed by atoms with Gasteiger partial charge in [-0.1, -0.05) is 17.7 Å². The molecule has 102 valence electrons. The molecule has 1 amide bonds. The Labute approximate surface area is 117 Å². The first-order chi connectivity index (χ1) is 9.47. The molecule has 20 heavy (non-hydrogen) atoms. The minimum absolute atomic E-state index is 0.0557. The number of hydrogen-bond donors (Lipinski definition) is 1. The monoisotopic (exact) mass is 295 g/mol. The van der Waals surface area contributed by atoms with Crippen LogP contribution in [0, 0.1) is 15.9 Å². The summed E-state index contributed by atoms with van der Waals surface area (Å²) in [6.45, 7) is 0. The lowest BCUT2D eigenvalue weighted by molar-refractivity contribution is -0.387. The smallest absolute Gasteiger partial charge is 0.305 e. The van der Waals surface area contributed by atoms with Gasteiger partial charge in [0.05, 0.1) is 4.92 Å².